The second-order valence-electron chi connectivity index (χ2n) is 3.32. The average molecular weight is 328 g/mol. The Morgan fingerprint density at radius 1 is 1.50 bits per heavy atom. The molecule has 0 spiro atoms. The van der Waals surface area contributed by atoms with Gasteiger partial charge in [-0.25, -0.2) is 14.8 Å². The van der Waals surface area contributed by atoms with Crippen molar-refractivity contribution in [3.05, 3.63) is 38.9 Å². The molecular formula is C11H10BrN3O2S. The average Bonchev–Trinajstić information content (AvgIpc) is 2.81. The molecule has 2 rings (SSSR count). The van der Waals surface area contributed by atoms with Gasteiger partial charge in [0.05, 0.1) is 17.4 Å². The lowest BCUT2D eigenvalue weighted by atomic mass is 10.4. The van der Waals surface area contributed by atoms with Crippen molar-refractivity contribution in [2.75, 3.05) is 12.4 Å². The number of aromatic nitrogens is 2. The maximum atomic E-state index is 11.3. The highest BCUT2D eigenvalue weighted by Crippen LogP contribution is 2.22. The van der Waals surface area contributed by atoms with Gasteiger partial charge in [-0.2, -0.15) is 0 Å². The highest BCUT2D eigenvalue weighted by molar-refractivity contribution is 9.11. The van der Waals surface area contributed by atoms with Crippen LogP contribution in [0.2, 0.25) is 0 Å². The summed E-state index contributed by atoms with van der Waals surface area (Å²) in [7, 11) is 1.30. The van der Waals surface area contributed by atoms with Gasteiger partial charge in [-0.1, -0.05) is 0 Å². The van der Waals surface area contributed by atoms with Gasteiger partial charge in [-0.3, -0.25) is 0 Å². The van der Waals surface area contributed by atoms with Crippen molar-refractivity contribution >= 4 is 39.1 Å². The van der Waals surface area contributed by atoms with E-state index in [1.807, 2.05) is 12.1 Å². The fourth-order valence-corrected chi connectivity index (χ4v) is 2.69. The minimum atomic E-state index is -0.544. The Bertz CT molecular complexity index is 559. The summed E-state index contributed by atoms with van der Waals surface area (Å²) in [5, 5.41) is 3.12. The van der Waals surface area contributed by atoms with Crippen molar-refractivity contribution in [3.63, 3.8) is 0 Å². The van der Waals surface area contributed by atoms with Gasteiger partial charge in [0.15, 0.2) is 0 Å². The lowest BCUT2D eigenvalue weighted by molar-refractivity contribution is 0.0587. The lowest BCUT2D eigenvalue weighted by Crippen LogP contribution is -2.09. The predicted molar refractivity (Wildman–Crippen MR) is 72.7 cm³/mol. The Balaban J connectivity index is 2.03. The Morgan fingerprint density at radius 2 is 2.33 bits per heavy atom. The molecule has 94 valence electrons. The minimum absolute atomic E-state index is 0.0508. The van der Waals surface area contributed by atoms with E-state index in [9.17, 15) is 4.79 Å². The number of nitrogens with one attached hydrogen (secondary N) is 1. The minimum Gasteiger partial charge on any atom is -0.463 e. The van der Waals surface area contributed by atoms with E-state index in [1.54, 1.807) is 17.4 Å². The number of methoxy groups -OCH3 is 1. The summed E-state index contributed by atoms with van der Waals surface area (Å²) in [6.45, 7) is 0.647. The van der Waals surface area contributed by atoms with Gasteiger partial charge in [0.25, 0.3) is 0 Å². The van der Waals surface area contributed by atoms with Crippen molar-refractivity contribution in [2.24, 2.45) is 0 Å². The van der Waals surface area contributed by atoms with E-state index in [2.05, 4.69) is 36.0 Å². The Morgan fingerprint density at radius 3 is 3.00 bits per heavy atom. The molecule has 2 aromatic heterocycles. The third-order valence-electron chi connectivity index (χ3n) is 2.10. The topological polar surface area (TPSA) is 64.1 Å². The maximum absolute atomic E-state index is 11.3. The molecule has 1 N–H and O–H groups in total. The Hall–Kier alpha value is -1.47. The molecule has 0 aromatic carbocycles. The molecule has 0 aliphatic carbocycles. The highest BCUT2D eigenvalue weighted by atomic mass is 79.9. The number of hydrogen-bond acceptors (Lipinski definition) is 6. The van der Waals surface area contributed by atoms with Gasteiger partial charge >= 0.3 is 5.97 Å². The Labute approximate surface area is 116 Å². The number of anilines is 1. The zero-order chi connectivity index (χ0) is 13.0. The van der Waals surface area contributed by atoms with Crippen LogP contribution in [0.4, 0.5) is 5.82 Å². The van der Waals surface area contributed by atoms with Gasteiger partial charge in [-0.15, -0.1) is 11.3 Å². The zero-order valence-electron chi connectivity index (χ0n) is 9.51. The molecule has 7 heteroatoms. The third-order valence-corrected chi connectivity index (χ3v) is 3.72. The molecule has 2 aromatic rings. The first-order valence-electron chi connectivity index (χ1n) is 5.08. The van der Waals surface area contributed by atoms with E-state index < -0.39 is 5.97 Å². The summed E-state index contributed by atoms with van der Waals surface area (Å²) >= 11 is 5.04. The monoisotopic (exact) mass is 327 g/mol. The molecule has 0 fully saturated rings. The van der Waals surface area contributed by atoms with Crippen LogP contribution in [0.5, 0.6) is 0 Å². The van der Waals surface area contributed by atoms with Crippen LogP contribution in [-0.4, -0.2) is 23.0 Å². The van der Waals surface area contributed by atoms with Crippen LogP contribution in [0.1, 0.15) is 15.5 Å². The number of halogens is 1. The van der Waals surface area contributed by atoms with Crippen molar-refractivity contribution in [3.8, 4) is 0 Å². The number of thiophene rings is 1. The quantitative estimate of drug-likeness (QED) is 0.875. The zero-order valence-corrected chi connectivity index (χ0v) is 11.9. The predicted octanol–water partition coefficient (Wildman–Crippen LogP) is 2.70. The van der Waals surface area contributed by atoms with Crippen LogP contribution in [0.3, 0.4) is 0 Å². The smallest absolute Gasteiger partial charge is 0.376 e. The standard InChI is InChI=1S/C11H10BrN3O2S/c1-17-11(16)10-13-5-4-9(15-10)14-6-7-2-3-8(12)18-7/h2-5H,6H2,1H3,(H,13,14,15). The van der Waals surface area contributed by atoms with E-state index >= 15 is 0 Å². The summed E-state index contributed by atoms with van der Waals surface area (Å²) < 4.78 is 5.64. The fraction of sp³-hybridized carbons (Fsp3) is 0.182. The molecular weight excluding hydrogens is 318 g/mol. The molecule has 5 nitrogen and oxygen atoms in total. The molecule has 0 aliphatic rings. The molecule has 0 aliphatic heterocycles. The van der Waals surface area contributed by atoms with Crippen molar-refractivity contribution < 1.29 is 9.53 Å². The number of nitrogens with zero attached hydrogens (tertiary/aromatic N) is 2. The van der Waals surface area contributed by atoms with E-state index in [1.165, 1.54) is 18.2 Å². The second-order valence-corrected chi connectivity index (χ2v) is 5.86. The molecule has 0 radical (unpaired) electrons. The third kappa shape index (κ3) is 3.27. The summed E-state index contributed by atoms with van der Waals surface area (Å²) in [5.74, 6) is 0.0994. The summed E-state index contributed by atoms with van der Waals surface area (Å²) in [6.07, 6.45) is 1.52. The van der Waals surface area contributed by atoms with Crippen molar-refractivity contribution in [1.82, 2.24) is 9.97 Å². The van der Waals surface area contributed by atoms with Crippen LogP contribution in [0, 0.1) is 0 Å². The lowest BCUT2D eigenvalue weighted by Gasteiger charge is -2.04. The van der Waals surface area contributed by atoms with Crippen LogP contribution in [-0.2, 0) is 11.3 Å². The van der Waals surface area contributed by atoms with Crippen molar-refractivity contribution in [2.45, 2.75) is 6.54 Å². The molecule has 0 saturated heterocycles. The molecule has 2 heterocycles. The molecule has 0 unspecified atom stereocenters. The molecule has 0 atom stereocenters. The van der Waals surface area contributed by atoms with Crippen LogP contribution in [0.25, 0.3) is 0 Å². The second kappa shape index (κ2) is 5.92. The van der Waals surface area contributed by atoms with Gasteiger partial charge in [0.2, 0.25) is 5.82 Å². The number of ether oxygens (including phenoxy) is 1. The van der Waals surface area contributed by atoms with Crippen molar-refractivity contribution in [1.29, 1.82) is 0 Å². The van der Waals surface area contributed by atoms with Gasteiger partial charge in [0, 0.05) is 11.1 Å². The molecule has 0 saturated carbocycles. The SMILES string of the molecule is COC(=O)c1nccc(NCc2ccc(Br)s2)n1. The first kappa shape index (κ1) is 13.0. The number of carbonyl (C=O) groups is 1. The van der Waals surface area contributed by atoms with Crippen LogP contribution in [0.15, 0.2) is 28.2 Å². The molecule has 0 amide bonds. The summed E-state index contributed by atoms with van der Waals surface area (Å²) in [6, 6.07) is 5.71. The van der Waals surface area contributed by atoms with E-state index in [0.29, 0.717) is 12.4 Å². The summed E-state index contributed by atoms with van der Waals surface area (Å²) in [4.78, 5) is 20.3. The number of esters is 1. The highest BCUT2D eigenvalue weighted by Gasteiger charge is 2.09. The number of rotatable bonds is 4. The first-order chi connectivity index (χ1) is 8.69. The van der Waals surface area contributed by atoms with Crippen LogP contribution < -0.4 is 5.32 Å². The summed E-state index contributed by atoms with van der Waals surface area (Å²) in [5.41, 5.74) is 0. The molecule has 0 bridgehead atoms. The fourth-order valence-electron chi connectivity index (χ4n) is 1.27. The normalized spacial score (nSPS) is 10.1. The van der Waals surface area contributed by atoms with Gasteiger partial charge in [-0.05, 0) is 34.1 Å². The van der Waals surface area contributed by atoms with E-state index in [-0.39, 0.29) is 5.82 Å². The van der Waals surface area contributed by atoms with Gasteiger partial charge < -0.3 is 10.1 Å². The van der Waals surface area contributed by atoms with Crippen LogP contribution >= 0.6 is 27.3 Å². The van der Waals surface area contributed by atoms with E-state index in [0.717, 1.165) is 3.79 Å². The van der Waals surface area contributed by atoms with E-state index in [4.69, 9.17) is 0 Å². The van der Waals surface area contributed by atoms with Gasteiger partial charge in [0.1, 0.15) is 5.82 Å². The maximum Gasteiger partial charge on any atom is 0.376 e. The Kier molecular flexibility index (Phi) is 4.27. The molecule has 18 heavy (non-hydrogen) atoms. The number of hydrogen-bond donors (Lipinski definition) is 1. The first-order valence-corrected chi connectivity index (χ1v) is 6.69. The largest absolute Gasteiger partial charge is 0.463 e. The number of carbonyl (C=O) groups excluding carboxylic acids is 1.